The van der Waals surface area contributed by atoms with Gasteiger partial charge in [-0.05, 0) is 0 Å². The zero-order valence-corrected chi connectivity index (χ0v) is 10.8. The molecular formula is C9H11FN3O6P. The number of aromatic nitrogens is 2. The molecule has 11 heteroatoms. The average molecular weight is 307 g/mol. The van der Waals surface area contributed by atoms with Crippen LogP contribution in [-0.4, -0.2) is 37.9 Å². The van der Waals surface area contributed by atoms with E-state index in [0.29, 0.717) is 0 Å². The highest BCUT2D eigenvalue weighted by Gasteiger charge is 2.55. The molecule has 4 N–H and O–H groups in total. The van der Waals surface area contributed by atoms with Gasteiger partial charge in [-0.25, -0.2) is 9.18 Å². The topological polar surface area (TPSA) is 137 Å². The van der Waals surface area contributed by atoms with Gasteiger partial charge in [-0.2, -0.15) is 4.98 Å². The molecule has 20 heavy (non-hydrogen) atoms. The first-order chi connectivity index (χ1) is 9.40. The van der Waals surface area contributed by atoms with Gasteiger partial charge in [-0.3, -0.25) is 9.13 Å². The van der Waals surface area contributed by atoms with E-state index < -0.39 is 44.7 Å². The number of aliphatic hydroxyl groups is 1. The second kappa shape index (κ2) is 4.61. The number of hydrogen-bond acceptors (Lipinski definition) is 7. The monoisotopic (exact) mass is 307 g/mol. The second-order valence-electron chi connectivity index (χ2n) is 4.49. The first kappa shape index (κ1) is 13.7. The van der Waals surface area contributed by atoms with E-state index in [0.717, 1.165) is 4.57 Å². The van der Waals surface area contributed by atoms with Gasteiger partial charge in [0.25, 0.3) is 0 Å². The highest BCUT2D eigenvalue weighted by Crippen LogP contribution is 2.45. The number of alkyl halides is 1. The summed E-state index contributed by atoms with van der Waals surface area (Å²) in [6, 6.07) is 1.23. The quantitative estimate of drug-likeness (QED) is 0.584. The maximum atomic E-state index is 14.2. The lowest BCUT2D eigenvalue weighted by Gasteiger charge is -2.29. The Labute approximate surface area is 111 Å². The first-order valence-electron chi connectivity index (χ1n) is 5.66. The van der Waals surface area contributed by atoms with Crippen LogP contribution in [0.15, 0.2) is 10.9 Å². The molecule has 0 spiro atoms. The van der Waals surface area contributed by atoms with Crippen molar-refractivity contribution < 1.29 is 28.2 Å². The third-order valence-electron chi connectivity index (χ3n) is 3.32. The number of fused-ring (bicyclic) bond motifs is 4. The summed E-state index contributed by atoms with van der Waals surface area (Å²) < 4.78 is 35.6. The summed E-state index contributed by atoms with van der Waals surface area (Å²) in [7, 11) is -3.42. The number of anilines is 1. The molecular weight excluding hydrogens is 296 g/mol. The van der Waals surface area contributed by atoms with Crippen molar-refractivity contribution in [3.05, 3.63) is 22.2 Å². The molecule has 5 unspecified atom stereocenters. The van der Waals surface area contributed by atoms with Gasteiger partial charge < -0.3 is 25.0 Å². The Hall–Kier alpha value is -1.32. The fraction of sp³-hybridized carbons (Fsp3) is 0.556. The van der Waals surface area contributed by atoms with E-state index in [1.54, 1.807) is 0 Å². The summed E-state index contributed by atoms with van der Waals surface area (Å²) in [5.74, 6) is -0.120. The van der Waals surface area contributed by atoms with Crippen molar-refractivity contribution in [1.29, 1.82) is 0 Å². The maximum Gasteiger partial charge on any atom is 0.352 e. The molecule has 1 aromatic rings. The van der Waals surface area contributed by atoms with Crippen LogP contribution >= 0.6 is 8.25 Å². The number of halogens is 1. The van der Waals surface area contributed by atoms with Gasteiger partial charge in [-0.1, -0.05) is 0 Å². The van der Waals surface area contributed by atoms with E-state index in [1.807, 2.05) is 0 Å². The van der Waals surface area contributed by atoms with Gasteiger partial charge in [-0.15, -0.1) is 0 Å². The highest BCUT2D eigenvalue weighted by atomic mass is 31.1. The maximum absolute atomic E-state index is 14.2. The number of hydrogen-bond donors (Lipinski definition) is 3. The largest absolute Gasteiger partial charge is 0.384 e. The molecule has 2 bridgehead atoms. The van der Waals surface area contributed by atoms with Gasteiger partial charge in [0, 0.05) is 6.07 Å². The van der Waals surface area contributed by atoms with Crippen molar-refractivity contribution in [1.82, 2.24) is 9.55 Å². The Morgan fingerprint density at radius 2 is 2.30 bits per heavy atom. The Kier molecular flexibility index (Phi) is 3.14. The van der Waals surface area contributed by atoms with Gasteiger partial charge in [0.2, 0.25) is 0 Å². The first-order valence-corrected chi connectivity index (χ1v) is 6.92. The lowest BCUT2D eigenvalue weighted by atomic mass is 10.1. The number of ether oxygens (including phenoxy) is 1. The predicted molar refractivity (Wildman–Crippen MR) is 62.8 cm³/mol. The molecule has 3 rings (SSSR count). The van der Waals surface area contributed by atoms with E-state index in [2.05, 4.69) is 9.51 Å². The Balaban J connectivity index is 2.10. The van der Waals surface area contributed by atoms with Crippen LogP contribution in [0, 0.1) is 0 Å². The summed E-state index contributed by atoms with van der Waals surface area (Å²) in [5.41, 5.74) is 4.58. The summed E-state index contributed by atoms with van der Waals surface area (Å²) in [5, 5.41) is 10.1. The van der Waals surface area contributed by atoms with E-state index in [9.17, 15) is 18.9 Å². The molecule has 1 saturated heterocycles. The minimum atomic E-state index is -3.42. The third kappa shape index (κ3) is 1.88. The van der Waals surface area contributed by atoms with Crippen molar-refractivity contribution in [2.24, 2.45) is 0 Å². The third-order valence-corrected chi connectivity index (χ3v) is 3.79. The van der Waals surface area contributed by atoms with Crippen LogP contribution in [0.4, 0.5) is 10.2 Å². The Morgan fingerprint density at radius 3 is 2.95 bits per heavy atom. The SMILES string of the molecule is Nc1cc2n(c(=O)n1)C1OC(C(O[PH](=O)O)C1F)[C@@H]2O. The minimum absolute atomic E-state index is 0.0371. The van der Waals surface area contributed by atoms with Gasteiger partial charge in [0.05, 0.1) is 5.69 Å². The molecule has 2 aliphatic rings. The minimum Gasteiger partial charge on any atom is -0.384 e. The lowest BCUT2D eigenvalue weighted by molar-refractivity contribution is -0.112. The zero-order chi connectivity index (χ0) is 14.6. The number of rotatable bonds is 2. The van der Waals surface area contributed by atoms with Gasteiger partial charge >= 0.3 is 13.9 Å². The van der Waals surface area contributed by atoms with Crippen LogP contribution in [0.25, 0.3) is 0 Å². The molecule has 0 radical (unpaired) electrons. The molecule has 9 nitrogen and oxygen atoms in total. The normalized spacial score (nSPS) is 36.6. The highest BCUT2D eigenvalue weighted by molar-refractivity contribution is 7.32. The van der Waals surface area contributed by atoms with Crippen LogP contribution < -0.4 is 11.4 Å². The fourth-order valence-electron chi connectivity index (χ4n) is 2.54. The number of nitrogens with two attached hydrogens (primary N) is 1. The molecule has 6 atom stereocenters. The van der Waals surface area contributed by atoms with E-state index in [1.165, 1.54) is 6.07 Å². The van der Waals surface area contributed by atoms with Crippen molar-refractivity contribution in [3.63, 3.8) is 0 Å². The number of nitrogens with zero attached hydrogens (tertiary/aromatic N) is 2. The Morgan fingerprint density at radius 1 is 1.60 bits per heavy atom. The molecule has 0 saturated carbocycles. The van der Waals surface area contributed by atoms with Crippen LogP contribution in [0.3, 0.4) is 0 Å². The molecule has 1 aromatic heterocycles. The van der Waals surface area contributed by atoms with Crippen LogP contribution in [-0.2, 0) is 13.8 Å². The van der Waals surface area contributed by atoms with Gasteiger partial charge in [0.1, 0.15) is 24.1 Å². The number of aliphatic hydroxyl groups excluding tert-OH is 1. The van der Waals surface area contributed by atoms with Crippen LogP contribution in [0.1, 0.15) is 18.0 Å². The van der Waals surface area contributed by atoms with Crippen molar-refractivity contribution in [3.8, 4) is 0 Å². The molecule has 0 aliphatic carbocycles. The lowest BCUT2D eigenvalue weighted by Crippen LogP contribution is -2.39. The van der Waals surface area contributed by atoms with Crippen LogP contribution in [0.5, 0.6) is 0 Å². The smallest absolute Gasteiger partial charge is 0.352 e. The fourth-order valence-corrected chi connectivity index (χ4v) is 3.04. The molecule has 3 heterocycles. The second-order valence-corrected chi connectivity index (χ2v) is 5.25. The molecule has 110 valence electrons. The van der Waals surface area contributed by atoms with Crippen molar-refractivity contribution in [2.75, 3.05) is 5.73 Å². The average Bonchev–Trinajstić information content (AvgIpc) is 2.62. The summed E-state index contributed by atoms with van der Waals surface area (Å²) in [4.78, 5) is 24.0. The summed E-state index contributed by atoms with van der Waals surface area (Å²) in [6.45, 7) is 0. The molecule has 0 amide bonds. The van der Waals surface area contributed by atoms with Gasteiger partial charge in [0.15, 0.2) is 12.4 Å². The summed E-state index contributed by atoms with van der Waals surface area (Å²) >= 11 is 0. The molecule has 0 aromatic carbocycles. The van der Waals surface area contributed by atoms with Crippen molar-refractivity contribution >= 4 is 14.1 Å². The standard InChI is InChI=1S/C9H11FN3O6P/c10-4-6(19-20(16)17)7-5(14)2-1-3(11)12-9(15)13(2)8(4)18-7/h1,4-8,14,20H,(H,16,17)(H2,11,12,15)/t4?,5-,6?,7?,8?/m1/s1. The molecule has 2 aliphatic heterocycles. The zero-order valence-electron chi connectivity index (χ0n) is 9.84. The van der Waals surface area contributed by atoms with E-state index >= 15 is 0 Å². The van der Waals surface area contributed by atoms with Crippen molar-refractivity contribution in [2.45, 2.75) is 30.7 Å². The Bertz CT molecular complexity index is 639. The van der Waals surface area contributed by atoms with E-state index in [4.69, 9.17) is 15.4 Å². The molecule has 1 fully saturated rings. The van der Waals surface area contributed by atoms with Crippen LogP contribution in [0.2, 0.25) is 0 Å². The predicted octanol–water partition coefficient (Wildman–Crippen LogP) is -1.12. The number of nitrogen functional groups attached to an aromatic ring is 1. The summed E-state index contributed by atoms with van der Waals surface area (Å²) in [6.07, 6.45) is -7.33. The van der Waals surface area contributed by atoms with E-state index in [-0.39, 0.29) is 11.5 Å².